The summed E-state index contributed by atoms with van der Waals surface area (Å²) in [6.45, 7) is 7.91. The topological polar surface area (TPSA) is 49.4 Å². The summed E-state index contributed by atoms with van der Waals surface area (Å²) < 4.78 is 0. The fourth-order valence-corrected chi connectivity index (χ4v) is 1.35. The van der Waals surface area contributed by atoms with Crippen molar-refractivity contribution in [2.75, 3.05) is 6.54 Å². The van der Waals surface area contributed by atoms with Crippen molar-refractivity contribution in [1.82, 2.24) is 10.2 Å². The van der Waals surface area contributed by atoms with Crippen molar-refractivity contribution in [2.24, 2.45) is 0 Å². The zero-order valence-corrected chi connectivity index (χ0v) is 9.12. The highest BCUT2D eigenvalue weighted by atomic mass is 16.2. The summed E-state index contributed by atoms with van der Waals surface area (Å²) in [5, 5.41) is 2.77. The molecule has 0 saturated heterocycles. The lowest BCUT2D eigenvalue weighted by atomic mass is 10.3. The van der Waals surface area contributed by atoms with E-state index in [9.17, 15) is 9.59 Å². The minimum absolute atomic E-state index is 0.0440. The summed E-state index contributed by atoms with van der Waals surface area (Å²) in [6, 6.07) is 0.133. The molecule has 0 fully saturated rings. The Labute approximate surface area is 89.6 Å². The Morgan fingerprint density at radius 3 is 2.67 bits per heavy atom. The van der Waals surface area contributed by atoms with Gasteiger partial charge in [0.1, 0.15) is 0 Å². The van der Waals surface area contributed by atoms with E-state index in [0.29, 0.717) is 18.7 Å². The Bertz CT molecular complexity index is 301. The molecule has 0 aliphatic carbocycles. The van der Waals surface area contributed by atoms with Gasteiger partial charge in [-0.25, -0.2) is 0 Å². The second kappa shape index (κ2) is 4.77. The monoisotopic (exact) mass is 208 g/mol. The third-order valence-corrected chi connectivity index (χ3v) is 2.04. The Morgan fingerprint density at radius 2 is 2.20 bits per heavy atom. The Hall–Kier alpha value is -1.58. The maximum absolute atomic E-state index is 11.3. The third kappa shape index (κ3) is 3.23. The van der Waals surface area contributed by atoms with Gasteiger partial charge in [0.05, 0.1) is 0 Å². The maximum Gasteiger partial charge on any atom is 0.251 e. The average Bonchev–Trinajstić information content (AvgIpc) is 2.42. The van der Waals surface area contributed by atoms with Crippen molar-refractivity contribution >= 4 is 11.8 Å². The molecule has 0 aromatic carbocycles. The van der Waals surface area contributed by atoms with E-state index < -0.39 is 0 Å². The number of allylic oxidation sites excluding steroid dienone is 1. The van der Waals surface area contributed by atoms with Gasteiger partial charge < -0.3 is 10.2 Å². The molecule has 1 heterocycles. The molecule has 15 heavy (non-hydrogen) atoms. The molecule has 0 aromatic heterocycles. The summed E-state index contributed by atoms with van der Waals surface area (Å²) >= 11 is 0. The van der Waals surface area contributed by atoms with Crippen LogP contribution in [0.2, 0.25) is 0 Å². The van der Waals surface area contributed by atoms with Crippen molar-refractivity contribution < 1.29 is 9.59 Å². The van der Waals surface area contributed by atoms with Crippen LogP contribution in [0.5, 0.6) is 0 Å². The number of carbonyl (C=O) groups is 2. The zero-order valence-electron chi connectivity index (χ0n) is 9.12. The predicted molar refractivity (Wildman–Crippen MR) is 57.9 cm³/mol. The molecular weight excluding hydrogens is 192 g/mol. The largest absolute Gasteiger partial charge is 0.354 e. The number of rotatable bonds is 4. The van der Waals surface area contributed by atoms with E-state index in [2.05, 4.69) is 11.9 Å². The minimum Gasteiger partial charge on any atom is -0.354 e. The summed E-state index contributed by atoms with van der Waals surface area (Å²) in [4.78, 5) is 24.1. The summed E-state index contributed by atoms with van der Waals surface area (Å²) in [7, 11) is 0. The van der Waals surface area contributed by atoms with Crippen molar-refractivity contribution in [2.45, 2.75) is 26.3 Å². The molecule has 1 N–H and O–H groups in total. The molecule has 0 spiro atoms. The van der Waals surface area contributed by atoms with E-state index in [1.165, 1.54) is 11.0 Å². The number of carbonyl (C=O) groups excluding carboxylic acids is 2. The third-order valence-electron chi connectivity index (χ3n) is 2.04. The van der Waals surface area contributed by atoms with Crippen LogP contribution >= 0.6 is 0 Å². The number of nitrogens with one attached hydrogen (secondary N) is 1. The van der Waals surface area contributed by atoms with E-state index in [-0.39, 0.29) is 17.9 Å². The van der Waals surface area contributed by atoms with Crippen LogP contribution < -0.4 is 5.32 Å². The van der Waals surface area contributed by atoms with Crippen molar-refractivity contribution in [3.8, 4) is 0 Å². The fourth-order valence-electron chi connectivity index (χ4n) is 1.35. The van der Waals surface area contributed by atoms with Crippen LogP contribution in [0.15, 0.2) is 24.4 Å². The predicted octanol–water partition coefficient (Wildman–Crippen LogP) is 0.813. The van der Waals surface area contributed by atoms with Crippen LogP contribution in [0.25, 0.3) is 0 Å². The molecule has 0 atom stereocenters. The number of hydrogen-bond acceptors (Lipinski definition) is 2. The van der Waals surface area contributed by atoms with E-state index in [0.717, 1.165) is 0 Å². The zero-order chi connectivity index (χ0) is 11.4. The summed E-state index contributed by atoms with van der Waals surface area (Å²) in [5.74, 6) is -0.144. The first-order chi connectivity index (χ1) is 7.00. The number of amides is 2. The molecule has 1 aliphatic rings. The molecule has 0 radical (unpaired) electrons. The minimum atomic E-state index is -0.0997. The van der Waals surface area contributed by atoms with Crippen LogP contribution in [-0.4, -0.2) is 29.3 Å². The molecule has 2 amide bonds. The molecule has 82 valence electrons. The second-order valence-corrected chi connectivity index (χ2v) is 3.79. The fraction of sp³-hybridized carbons (Fsp3) is 0.455. The molecule has 4 nitrogen and oxygen atoms in total. The molecular formula is C11H16N2O2. The van der Waals surface area contributed by atoms with Crippen LogP contribution in [-0.2, 0) is 9.59 Å². The Kier molecular flexibility index (Phi) is 3.66. The highest BCUT2D eigenvalue weighted by molar-refractivity contribution is 5.93. The van der Waals surface area contributed by atoms with E-state index in [1.54, 1.807) is 6.08 Å². The Balaban J connectivity index is 2.35. The van der Waals surface area contributed by atoms with Gasteiger partial charge in [-0.05, 0) is 19.9 Å². The van der Waals surface area contributed by atoms with Crippen molar-refractivity contribution in [3.05, 3.63) is 24.4 Å². The smallest absolute Gasteiger partial charge is 0.251 e. The van der Waals surface area contributed by atoms with Crippen LogP contribution in [0.1, 0.15) is 20.3 Å². The van der Waals surface area contributed by atoms with Gasteiger partial charge in [-0.15, -0.1) is 0 Å². The number of nitrogens with zero attached hydrogens (tertiary/aromatic N) is 1. The summed E-state index contributed by atoms with van der Waals surface area (Å²) in [5.41, 5.74) is 0.650. The van der Waals surface area contributed by atoms with Gasteiger partial charge in [0, 0.05) is 30.8 Å². The highest BCUT2D eigenvalue weighted by Gasteiger charge is 2.19. The molecule has 0 aromatic rings. The van der Waals surface area contributed by atoms with Gasteiger partial charge in [-0.2, -0.15) is 0 Å². The van der Waals surface area contributed by atoms with Gasteiger partial charge in [-0.3, -0.25) is 9.59 Å². The number of hydrogen-bond donors (Lipinski definition) is 1. The summed E-state index contributed by atoms with van der Waals surface area (Å²) in [6.07, 6.45) is 3.43. The maximum atomic E-state index is 11.3. The SMILES string of the molecule is C=C1C=CC(=O)N1CCC(=O)NC(C)C. The normalized spacial score (nSPS) is 15.3. The lowest BCUT2D eigenvalue weighted by Crippen LogP contribution is -2.34. The van der Waals surface area contributed by atoms with Crippen molar-refractivity contribution in [1.29, 1.82) is 0 Å². The molecule has 0 unspecified atom stereocenters. The molecule has 1 rings (SSSR count). The van der Waals surface area contributed by atoms with Gasteiger partial charge >= 0.3 is 0 Å². The lowest BCUT2D eigenvalue weighted by molar-refractivity contribution is -0.125. The van der Waals surface area contributed by atoms with Crippen LogP contribution in [0.4, 0.5) is 0 Å². The molecule has 0 bridgehead atoms. The standard InChI is InChI=1S/C11H16N2O2/c1-8(2)12-10(14)6-7-13-9(3)4-5-11(13)15/h4-5,8H,3,6-7H2,1-2H3,(H,12,14). The first kappa shape index (κ1) is 11.5. The first-order valence-electron chi connectivity index (χ1n) is 4.98. The van der Waals surface area contributed by atoms with Crippen LogP contribution in [0, 0.1) is 0 Å². The van der Waals surface area contributed by atoms with Gasteiger partial charge in [-0.1, -0.05) is 6.58 Å². The molecule has 4 heteroatoms. The average molecular weight is 208 g/mol. The van der Waals surface area contributed by atoms with E-state index >= 15 is 0 Å². The van der Waals surface area contributed by atoms with Gasteiger partial charge in [0.2, 0.25) is 5.91 Å². The quantitative estimate of drug-likeness (QED) is 0.743. The van der Waals surface area contributed by atoms with Gasteiger partial charge in [0.25, 0.3) is 5.91 Å². The molecule has 0 saturated carbocycles. The van der Waals surface area contributed by atoms with Crippen molar-refractivity contribution in [3.63, 3.8) is 0 Å². The molecule has 1 aliphatic heterocycles. The van der Waals surface area contributed by atoms with E-state index in [1.807, 2.05) is 13.8 Å². The Morgan fingerprint density at radius 1 is 1.53 bits per heavy atom. The lowest BCUT2D eigenvalue weighted by Gasteiger charge is -2.17. The van der Waals surface area contributed by atoms with Gasteiger partial charge in [0.15, 0.2) is 0 Å². The second-order valence-electron chi connectivity index (χ2n) is 3.79. The van der Waals surface area contributed by atoms with Crippen LogP contribution in [0.3, 0.4) is 0 Å². The van der Waals surface area contributed by atoms with E-state index in [4.69, 9.17) is 0 Å². The highest BCUT2D eigenvalue weighted by Crippen LogP contribution is 2.12. The first-order valence-corrected chi connectivity index (χ1v) is 4.98.